The Balaban J connectivity index is 1.24. The SMILES string of the molecule is O=C(CCC(=O)N1CC2CCCN2c2ccccc21)NCCCN1CCCC1. The summed E-state index contributed by atoms with van der Waals surface area (Å²) in [4.78, 5) is 31.8. The summed E-state index contributed by atoms with van der Waals surface area (Å²) >= 11 is 0. The molecule has 0 aromatic heterocycles. The number of fused-ring (bicyclic) bond motifs is 3. The van der Waals surface area contributed by atoms with E-state index in [1.807, 2.05) is 23.1 Å². The maximum Gasteiger partial charge on any atom is 0.227 e. The molecule has 0 saturated carbocycles. The van der Waals surface area contributed by atoms with Gasteiger partial charge in [-0.2, -0.15) is 0 Å². The number of nitrogens with one attached hydrogen (secondary N) is 1. The average Bonchev–Trinajstić information content (AvgIpc) is 3.40. The summed E-state index contributed by atoms with van der Waals surface area (Å²) in [5.41, 5.74) is 2.16. The van der Waals surface area contributed by atoms with Crippen LogP contribution in [-0.2, 0) is 9.59 Å². The number of carbonyl (C=O) groups excluding carboxylic acids is 2. The number of amides is 2. The van der Waals surface area contributed by atoms with Crippen LogP contribution in [0.3, 0.4) is 0 Å². The molecule has 0 radical (unpaired) electrons. The Kier molecular flexibility index (Phi) is 6.15. The van der Waals surface area contributed by atoms with E-state index in [9.17, 15) is 9.59 Å². The highest BCUT2D eigenvalue weighted by Crippen LogP contribution is 2.39. The largest absolute Gasteiger partial charge is 0.365 e. The van der Waals surface area contributed by atoms with Crippen LogP contribution in [0.4, 0.5) is 11.4 Å². The van der Waals surface area contributed by atoms with Gasteiger partial charge in [0.05, 0.1) is 11.4 Å². The van der Waals surface area contributed by atoms with Crippen molar-refractivity contribution in [3.63, 3.8) is 0 Å². The van der Waals surface area contributed by atoms with Gasteiger partial charge in [-0.15, -0.1) is 0 Å². The van der Waals surface area contributed by atoms with E-state index < -0.39 is 0 Å². The molecule has 2 amide bonds. The molecule has 4 rings (SSSR count). The molecular weight excluding hydrogens is 352 g/mol. The summed E-state index contributed by atoms with van der Waals surface area (Å²) in [5.74, 6) is 0.0498. The molecule has 3 aliphatic heterocycles. The van der Waals surface area contributed by atoms with Gasteiger partial charge in [0.15, 0.2) is 0 Å². The number of hydrogen-bond donors (Lipinski definition) is 1. The maximum absolute atomic E-state index is 12.9. The van der Waals surface area contributed by atoms with Crippen LogP contribution < -0.4 is 15.1 Å². The summed E-state index contributed by atoms with van der Waals surface area (Å²) in [5, 5.41) is 2.98. The second-order valence-corrected chi connectivity index (χ2v) is 8.23. The lowest BCUT2D eigenvalue weighted by atomic mass is 10.1. The monoisotopic (exact) mass is 384 g/mol. The van der Waals surface area contributed by atoms with E-state index in [-0.39, 0.29) is 24.7 Å². The first kappa shape index (κ1) is 19.2. The van der Waals surface area contributed by atoms with Crippen LogP contribution in [0.25, 0.3) is 0 Å². The fourth-order valence-corrected chi connectivity index (χ4v) is 4.80. The first-order valence-electron chi connectivity index (χ1n) is 10.9. The number of para-hydroxylation sites is 2. The van der Waals surface area contributed by atoms with Gasteiger partial charge in [-0.3, -0.25) is 9.59 Å². The van der Waals surface area contributed by atoms with Gasteiger partial charge in [-0.05, 0) is 63.9 Å². The van der Waals surface area contributed by atoms with E-state index in [1.165, 1.54) is 32.4 Å². The molecule has 1 N–H and O–H groups in total. The third kappa shape index (κ3) is 4.32. The molecule has 6 nitrogen and oxygen atoms in total. The van der Waals surface area contributed by atoms with Crippen molar-refractivity contribution >= 4 is 23.2 Å². The Labute approximate surface area is 167 Å². The van der Waals surface area contributed by atoms with Crippen LogP contribution in [0.5, 0.6) is 0 Å². The Hall–Kier alpha value is -2.08. The van der Waals surface area contributed by atoms with Crippen molar-refractivity contribution in [2.45, 2.75) is 51.0 Å². The number of nitrogens with zero attached hydrogens (tertiary/aromatic N) is 3. The van der Waals surface area contributed by atoms with Crippen molar-refractivity contribution < 1.29 is 9.59 Å². The molecule has 0 bridgehead atoms. The van der Waals surface area contributed by atoms with Crippen molar-refractivity contribution in [3.8, 4) is 0 Å². The zero-order valence-corrected chi connectivity index (χ0v) is 16.7. The highest BCUT2D eigenvalue weighted by Gasteiger charge is 2.35. The molecule has 1 atom stereocenters. The smallest absolute Gasteiger partial charge is 0.227 e. The van der Waals surface area contributed by atoms with Crippen LogP contribution in [0, 0.1) is 0 Å². The van der Waals surface area contributed by atoms with Crippen LogP contribution in [0.1, 0.15) is 44.9 Å². The molecule has 1 unspecified atom stereocenters. The van der Waals surface area contributed by atoms with Gasteiger partial charge < -0.3 is 20.0 Å². The van der Waals surface area contributed by atoms with Crippen LogP contribution >= 0.6 is 0 Å². The minimum atomic E-state index is -0.0115. The van der Waals surface area contributed by atoms with Crippen molar-refractivity contribution in [1.82, 2.24) is 10.2 Å². The number of benzene rings is 1. The number of likely N-dealkylation sites (tertiary alicyclic amines) is 1. The fourth-order valence-electron chi connectivity index (χ4n) is 4.80. The molecule has 0 spiro atoms. The van der Waals surface area contributed by atoms with E-state index in [0.29, 0.717) is 12.6 Å². The quantitative estimate of drug-likeness (QED) is 0.734. The van der Waals surface area contributed by atoms with Gasteiger partial charge >= 0.3 is 0 Å². The Morgan fingerprint density at radius 2 is 1.79 bits per heavy atom. The predicted octanol–water partition coefficient (Wildman–Crippen LogP) is 2.38. The average molecular weight is 385 g/mol. The van der Waals surface area contributed by atoms with Crippen molar-refractivity contribution in [2.24, 2.45) is 0 Å². The van der Waals surface area contributed by atoms with Crippen molar-refractivity contribution in [3.05, 3.63) is 24.3 Å². The topological polar surface area (TPSA) is 55.9 Å². The Morgan fingerprint density at radius 3 is 2.61 bits per heavy atom. The molecule has 28 heavy (non-hydrogen) atoms. The Bertz CT molecular complexity index is 702. The standard InChI is InChI=1S/C22H32N4O2/c27-21(23-12-6-15-24-13-3-4-14-24)10-11-22(28)26-17-18-7-5-16-25(18)19-8-1-2-9-20(19)26/h1-2,8-9,18H,3-7,10-17H2,(H,23,27). The second kappa shape index (κ2) is 8.95. The maximum atomic E-state index is 12.9. The second-order valence-electron chi connectivity index (χ2n) is 8.23. The van der Waals surface area contributed by atoms with Crippen LogP contribution in [-0.4, -0.2) is 62.0 Å². The zero-order valence-electron chi connectivity index (χ0n) is 16.7. The van der Waals surface area contributed by atoms with E-state index >= 15 is 0 Å². The summed E-state index contributed by atoms with van der Waals surface area (Å²) in [7, 11) is 0. The summed E-state index contributed by atoms with van der Waals surface area (Å²) in [6.45, 7) is 5.96. The first-order chi connectivity index (χ1) is 13.7. The molecule has 1 aromatic carbocycles. The van der Waals surface area contributed by atoms with Gasteiger partial charge in [0.2, 0.25) is 11.8 Å². The summed E-state index contributed by atoms with van der Waals surface area (Å²) < 4.78 is 0. The number of rotatable bonds is 7. The lowest BCUT2D eigenvalue weighted by molar-refractivity contribution is -0.125. The molecular formula is C22H32N4O2. The minimum absolute atomic E-state index is 0.0115. The van der Waals surface area contributed by atoms with Gasteiger partial charge in [0.1, 0.15) is 0 Å². The van der Waals surface area contributed by atoms with Gasteiger partial charge in [0.25, 0.3) is 0 Å². The molecule has 2 fully saturated rings. The lowest BCUT2D eigenvalue weighted by Gasteiger charge is -2.40. The van der Waals surface area contributed by atoms with Crippen LogP contribution in [0.15, 0.2) is 24.3 Å². The summed E-state index contributed by atoms with van der Waals surface area (Å²) in [6.07, 6.45) is 6.45. The third-order valence-corrected chi connectivity index (χ3v) is 6.29. The third-order valence-electron chi connectivity index (χ3n) is 6.29. The Morgan fingerprint density at radius 1 is 1.00 bits per heavy atom. The van der Waals surface area contributed by atoms with Crippen molar-refractivity contribution in [2.75, 3.05) is 49.1 Å². The molecule has 3 aliphatic rings. The van der Waals surface area contributed by atoms with E-state index in [0.717, 1.165) is 43.9 Å². The fraction of sp³-hybridized carbons (Fsp3) is 0.636. The number of anilines is 2. The van der Waals surface area contributed by atoms with Crippen molar-refractivity contribution in [1.29, 1.82) is 0 Å². The van der Waals surface area contributed by atoms with E-state index in [1.54, 1.807) is 0 Å². The van der Waals surface area contributed by atoms with Gasteiger partial charge in [-0.25, -0.2) is 0 Å². The molecule has 3 heterocycles. The normalized spacial score (nSPS) is 21.5. The number of carbonyl (C=O) groups is 2. The van der Waals surface area contributed by atoms with Gasteiger partial charge in [0, 0.05) is 38.5 Å². The highest BCUT2D eigenvalue weighted by molar-refractivity contribution is 5.99. The zero-order chi connectivity index (χ0) is 19.3. The highest BCUT2D eigenvalue weighted by atomic mass is 16.2. The molecule has 152 valence electrons. The lowest BCUT2D eigenvalue weighted by Crippen LogP contribution is -2.48. The number of hydrogen-bond acceptors (Lipinski definition) is 4. The van der Waals surface area contributed by atoms with E-state index in [2.05, 4.69) is 21.2 Å². The first-order valence-corrected chi connectivity index (χ1v) is 10.9. The predicted molar refractivity (Wildman–Crippen MR) is 112 cm³/mol. The van der Waals surface area contributed by atoms with Gasteiger partial charge in [-0.1, -0.05) is 12.1 Å². The molecule has 1 aromatic rings. The molecule has 2 saturated heterocycles. The molecule has 6 heteroatoms. The van der Waals surface area contributed by atoms with Crippen LogP contribution in [0.2, 0.25) is 0 Å². The minimum Gasteiger partial charge on any atom is -0.365 e. The summed E-state index contributed by atoms with van der Waals surface area (Å²) in [6, 6.07) is 8.58. The molecule has 0 aliphatic carbocycles. The van der Waals surface area contributed by atoms with E-state index in [4.69, 9.17) is 0 Å².